The van der Waals surface area contributed by atoms with Crippen molar-refractivity contribution in [2.75, 3.05) is 13.2 Å². The van der Waals surface area contributed by atoms with Crippen LogP contribution in [0.15, 0.2) is 65.7 Å². The summed E-state index contributed by atoms with van der Waals surface area (Å²) in [6.07, 6.45) is 5.50. The Morgan fingerprint density at radius 2 is 1.83 bits per heavy atom. The minimum absolute atomic E-state index is 0.0549. The molecule has 0 amide bonds. The number of ether oxygens (including phenoxy) is 2. The molecule has 0 radical (unpaired) electrons. The SMILES string of the molecule is O=c1c(OCCc2ccc(Cl)cc2)nccn1-c1ccc(OCC(O)C2CC2)cc1. The highest BCUT2D eigenvalue weighted by atomic mass is 35.5. The summed E-state index contributed by atoms with van der Waals surface area (Å²) in [6.45, 7) is 0.620. The number of hydrogen-bond acceptors (Lipinski definition) is 5. The summed E-state index contributed by atoms with van der Waals surface area (Å²) in [5, 5.41) is 10.6. The monoisotopic (exact) mass is 426 g/mol. The Kier molecular flexibility index (Phi) is 6.35. The standard InChI is InChI=1S/C23H23ClN2O4/c24-18-5-1-16(2-6-18)11-14-29-22-23(28)26(13-12-25-22)19-7-9-20(10-8-19)30-15-21(27)17-3-4-17/h1-2,5-10,12-13,17,21,27H,3-4,11,14-15H2. The van der Waals surface area contributed by atoms with Crippen LogP contribution >= 0.6 is 11.6 Å². The highest BCUT2D eigenvalue weighted by molar-refractivity contribution is 6.30. The summed E-state index contributed by atoms with van der Waals surface area (Å²) in [7, 11) is 0. The van der Waals surface area contributed by atoms with Gasteiger partial charge in [-0.15, -0.1) is 0 Å². The average molecular weight is 427 g/mol. The van der Waals surface area contributed by atoms with Crippen molar-refractivity contribution >= 4 is 11.6 Å². The van der Waals surface area contributed by atoms with Crippen molar-refractivity contribution in [3.8, 4) is 17.3 Å². The van der Waals surface area contributed by atoms with E-state index in [4.69, 9.17) is 21.1 Å². The summed E-state index contributed by atoms with van der Waals surface area (Å²) >= 11 is 5.89. The predicted octanol–water partition coefficient (Wildman–Crippen LogP) is 3.66. The zero-order valence-electron chi connectivity index (χ0n) is 16.4. The molecule has 1 saturated carbocycles. The van der Waals surface area contributed by atoms with Crippen LogP contribution < -0.4 is 15.0 Å². The third kappa shape index (κ3) is 5.20. The van der Waals surface area contributed by atoms with Gasteiger partial charge in [0, 0.05) is 29.5 Å². The van der Waals surface area contributed by atoms with Crippen LogP contribution in [0.5, 0.6) is 11.6 Å². The molecule has 1 aliphatic carbocycles. The molecule has 0 aliphatic heterocycles. The second kappa shape index (κ2) is 9.32. The first-order chi connectivity index (χ1) is 14.6. The van der Waals surface area contributed by atoms with Crippen molar-refractivity contribution in [2.45, 2.75) is 25.4 Å². The maximum atomic E-state index is 12.7. The lowest BCUT2D eigenvalue weighted by molar-refractivity contribution is 0.0894. The molecule has 2 aromatic carbocycles. The summed E-state index contributed by atoms with van der Waals surface area (Å²) in [6, 6.07) is 14.6. The van der Waals surface area contributed by atoms with Gasteiger partial charge in [0.25, 0.3) is 5.88 Å². The number of nitrogens with zero attached hydrogens (tertiary/aromatic N) is 2. The zero-order valence-corrected chi connectivity index (χ0v) is 17.2. The van der Waals surface area contributed by atoms with Crippen molar-refractivity contribution in [3.63, 3.8) is 0 Å². The van der Waals surface area contributed by atoms with Crippen LogP contribution in [0, 0.1) is 5.92 Å². The molecular formula is C23H23ClN2O4. The number of aliphatic hydroxyl groups is 1. The Balaban J connectivity index is 1.38. The maximum Gasteiger partial charge on any atom is 0.317 e. The molecule has 156 valence electrons. The summed E-state index contributed by atoms with van der Waals surface area (Å²) in [5.41, 5.74) is 1.42. The van der Waals surface area contributed by atoms with Crippen LogP contribution in [0.3, 0.4) is 0 Å². The molecule has 7 heteroatoms. The van der Waals surface area contributed by atoms with E-state index in [2.05, 4.69) is 4.98 Å². The van der Waals surface area contributed by atoms with Gasteiger partial charge in [0.1, 0.15) is 12.4 Å². The van der Waals surface area contributed by atoms with Crippen LogP contribution in [0.4, 0.5) is 0 Å². The summed E-state index contributed by atoms with van der Waals surface area (Å²) in [4.78, 5) is 16.8. The van der Waals surface area contributed by atoms with Gasteiger partial charge in [-0.1, -0.05) is 23.7 Å². The fraction of sp³-hybridized carbons (Fsp3) is 0.304. The first-order valence-corrected chi connectivity index (χ1v) is 10.3. The van der Waals surface area contributed by atoms with Gasteiger partial charge in [-0.3, -0.25) is 9.36 Å². The van der Waals surface area contributed by atoms with Crippen molar-refractivity contribution in [1.29, 1.82) is 0 Å². The molecule has 6 nitrogen and oxygen atoms in total. The van der Waals surface area contributed by atoms with Gasteiger partial charge in [-0.05, 0) is 60.7 Å². The first kappa shape index (κ1) is 20.4. The quantitative estimate of drug-likeness (QED) is 0.565. The first-order valence-electron chi connectivity index (χ1n) is 9.96. The van der Waals surface area contributed by atoms with Gasteiger partial charge in [-0.25, -0.2) is 4.98 Å². The molecule has 3 aromatic rings. The van der Waals surface area contributed by atoms with E-state index in [-0.39, 0.29) is 18.0 Å². The molecule has 1 heterocycles. The van der Waals surface area contributed by atoms with Crippen molar-refractivity contribution < 1.29 is 14.6 Å². The van der Waals surface area contributed by atoms with Gasteiger partial charge >= 0.3 is 5.56 Å². The third-order valence-corrected chi connectivity index (χ3v) is 5.31. The van der Waals surface area contributed by atoms with Crippen molar-refractivity contribution in [2.24, 2.45) is 5.92 Å². The fourth-order valence-electron chi connectivity index (χ4n) is 3.11. The highest BCUT2D eigenvalue weighted by Crippen LogP contribution is 2.32. The lowest BCUT2D eigenvalue weighted by Gasteiger charge is -2.12. The lowest BCUT2D eigenvalue weighted by atomic mass is 10.2. The molecule has 1 fully saturated rings. The van der Waals surface area contributed by atoms with E-state index in [0.29, 0.717) is 35.4 Å². The van der Waals surface area contributed by atoms with E-state index in [1.165, 1.54) is 10.8 Å². The predicted molar refractivity (Wildman–Crippen MR) is 115 cm³/mol. The molecule has 4 rings (SSSR count). The minimum atomic E-state index is -0.417. The Morgan fingerprint density at radius 1 is 1.10 bits per heavy atom. The highest BCUT2D eigenvalue weighted by Gasteiger charge is 2.30. The molecular weight excluding hydrogens is 404 g/mol. The number of hydrogen-bond donors (Lipinski definition) is 1. The number of rotatable bonds is 9. The molecule has 0 spiro atoms. The van der Waals surface area contributed by atoms with E-state index in [9.17, 15) is 9.90 Å². The number of aliphatic hydroxyl groups excluding tert-OH is 1. The van der Waals surface area contributed by atoms with Crippen molar-refractivity contribution in [1.82, 2.24) is 9.55 Å². The fourth-order valence-corrected chi connectivity index (χ4v) is 3.24. The number of aromatic nitrogens is 2. The molecule has 1 aliphatic rings. The normalized spacial score (nSPS) is 14.3. The second-order valence-electron chi connectivity index (χ2n) is 7.34. The summed E-state index contributed by atoms with van der Waals surface area (Å²) < 4.78 is 12.7. The van der Waals surface area contributed by atoms with E-state index in [1.54, 1.807) is 30.5 Å². The molecule has 0 bridgehead atoms. The van der Waals surface area contributed by atoms with Crippen LogP contribution in [-0.4, -0.2) is 34.0 Å². The third-order valence-electron chi connectivity index (χ3n) is 5.05. The van der Waals surface area contributed by atoms with Gasteiger partial charge in [0.2, 0.25) is 0 Å². The molecule has 0 saturated heterocycles. The Morgan fingerprint density at radius 3 is 2.53 bits per heavy atom. The Bertz CT molecular complexity index is 1030. The smallest absolute Gasteiger partial charge is 0.317 e. The topological polar surface area (TPSA) is 73.6 Å². The molecule has 1 atom stereocenters. The van der Waals surface area contributed by atoms with Gasteiger partial charge in [-0.2, -0.15) is 0 Å². The Hall–Kier alpha value is -2.83. The van der Waals surface area contributed by atoms with E-state index >= 15 is 0 Å². The lowest BCUT2D eigenvalue weighted by Crippen LogP contribution is -2.22. The molecule has 1 N–H and O–H groups in total. The number of benzene rings is 2. The molecule has 1 aromatic heterocycles. The van der Waals surface area contributed by atoms with Gasteiger partial charge < -0.3 is 14.6 Å². The number of halogens is 1. The zero-order chi connectivity index (χ0) is 20.9. The van der Waals surface area contributed by atoms with Crippen molar-refractivity contribution in [3.05, 3.63) is 81.9 Å². The van der Waals surface area contributed by atoms with Crippen LogP contribution in [0.2, 0.25) is 5.02 Å². The van der Waals surface area contributed by atoms with Crippen LogP contribution in [-0.2, 0) is 6.42 Å². The second-order valence-corrected chi connectivity index (χ2v) is 7.78. The van der Waals surface area contributed by atoms with Gasteiger partial charge in [0.15, 0.2) is 0 Å². The minimum Gasteiger partial charge on any atom is -0.491 e. The Labute approximate surface area is 179 Å². The van der Waals surface area contributed by atoms with E-state index < -0.39 is 6.10 Å². The van der Waals surface area contributed by atoms with E-state index in [0.717, 1.165) is 18.4 Å². The van der Waals surface area contributed by atoms with Crippen LogP contribution in [0.25, 0.3) is 5.69 Å². The van der Waals surface area contributed by atoms with E-state index in [1.807, 2.05) is 24.3 Å². The largest absolute Gasteiger partial charge is 0.491 e. The molecule has 1 unspecified atom stereocenters. The van der Waals surface area contributed by atoms with Gasteiger partial charge in [0.05, 0.1) is 12.7 Å². The maximum absolute atomic E-state index is 12.7. The van der Waals surface area contributed by atoms with Crippen LogP contribution in [0.1, 0.15) is 18.4 Å². The average Bonchev–Trinajstić information content (AvgIpc) is 3.61. The summed E-state index contributed by atoms with van der Waals surface area (Å²) in [5.74, 6) is 1.08. The molecule has 30 heavy (non-hydrogen) atoms.